The topological polar surface area (TPSA) is 0 Å². The van der Waals surface area contributed by atoms with Gasteiger partial charge in [0.15, 0.2) is 0 Å². The molecule has 0 N–H and O–H groups in total. The van der Waals surface area contributed by atoms with E-state index in [0.29, 0.717) is 0 Å². The maximum atomic E-state index is 12.6. The van der Waals surface area contributed by atoms with Crippen molar-refractivity contribution in [2.75, 3.05) is 0 Å². The molecule has 1 rings (SSSR count). The molecule has 0 spiro atoms. The van der Waals surface area contributed by atoms with Gasteiger partial charge in [-0.1, -0.05) is 46.4 Å². The second kappa shape index (κ2) is 4.99. The van der Waals surface area contributed by atoms with Crippen LogP contribution in [0, 0.1) is 0 Å². The van der Waals surface area contributed by atoms with Crippen molar-refractivity contribution in [1.29, 1.82) is 0 Å². The Hall–Kier alpha value is 0.460. The molecule has 0 radical (unpaired) electrons. The molecule has 1 aromatic carbocycles. The maximum absolute atomic E-state index is 12.6. The fourth-order valence-corrected chi connectivity index (χ4v) is 2.69. The number of benzene rings is 1. The van der Waals surface area contributed by atoms with Crippen LogP contribution in [0.3, 0.4) is 0 Å². The number of rotatable bonds is 1. The van der Waals surface area contributed by atoms with Crippen molar-refractivity contribution < 1.29 is 13.2 Å². The number of hydrogen-bond acceptors (Lipinski definition) is 0. The van der Waals surface area contributed by atoms with Crippen molar-refractivity contribution in [3.05, 3.63) is 31.2 Å². The highest BCUT2D eigenvalue weighted by molar-refractivity contribution is 6.49. The van der Waals surface area contributed by atoms with Crippen molar-refractivity contribution in [2.24, 2.45) is 0 Å². The molecule has 0 aromatic heterocycles. The predicted molar refractivity (Wildman–Crippen MR) is 61.0 cm³/mol. The van der Waals surface area contributed by atoms with Gasteiger partial charge in [0.05, 0.1) is 31.5 Å². The van der Waals surface area contributed by atoms with E-state index in [-0.39, 0.29) is 21.5 Å². The molecule has 8 heteroatoms. The lowest BCUT2D eigenvalue weighted by Crippen LogP contribution is -2.08. The summed E-state index contributed by atoms with van der Waals surface area (Å²) in [4.78, 5) is 0. The lowest BCUT2D eigenvalue weighted by Gasteiger charge is -2.16. The minimum Gasteiger partial charge on any atom is -0.166 e. The van der Waals surface area contributed by atoms with E-state index < -0.39 is 21.8 Å². The molecule has 0 fully saturated rings. The van der Waals surface area contributed by atoms with E-state index >= 15 is 0 Å². The van der Waals surface area contributed by atoms with Crippen LogP contribution in [0.15, 0.2) is 0 Å². The van der Waals surface area contributed by atoms with Gasteiger partial charge in [-0.3, -0.25) is 0 Å². The summed E-state index contributed by atoms with van der Waals surface area (Å²) in [6.45, 7) is 0. The molecule has 0 aliphatic heterocycles. The maximum Gasteiger partial charge on any atom is 0.419 e. The molecule has 0 bridgehead atoms. The highest BCUT2D eigenvalue weighted by atomic mass is 35.5. The third kappa shape index (κ3) is 2.49. The molecular weight excluding hydrogens is 330 g/mol. The van der Waals surface area contributed by atoms with Crippen molar-refractivity contribution >= 4 is 58.0 Å². The minimum atomic E-state index is -4.73. The van der Waals surface area contributed by atoms with Crippen molar-refractivity contribution in [3.8, 4) is 0 Å². The van der Waals surface area contributed by atoms with E-state index in [0.717, 1.165) is 0 Å². The van der Waals surface area contributed by atoms with Crippen LogP contribution >= 0.6 is 58.0 Å². The average molecular weight is 332 g/mol. The van der Waals surface area contributed by atoms with Gasteiger partial charge in [0.2, 0.25) is 0 Å². The molecule has 1 aromatic rings. The van der Waals surface area contributed by atoms with E-state index in [4.69, 9.17) is 58.0 Å². The highest BCUT2D eigenvalue weighted by Gasteiger charge is 2.39. The summed E-state index contributed by atoms with van der Waals surface area (Å²) < 4.78 is 37.8. The smallest absolute Gasteiger partial charge is 0.166 e. The van der Waals surface area contributed by atoms with Gasteiger partial charge >= 0.3 is 6.18 Å². The third-order valence-corrected chi connectivity index (χ3v) is 3.82. The zero-order valence-corrected chi connectivity index (χ0v) is 11.0. The Kier molecular flexibility index (Phi) is 4.53. The minimum absolute atomic E-state index is 0.0769. The molecule has 0 aliphatic carbocycles. The van der Waals surface area contributed by atoms with Crippen LogP contribution in [0.4, 0.5) is 13.2 Å². The molecule has 0 amide bonds. The number of hydrogen-bond donors (Lipinski definition) is 0. The van der Waals surface area contributed by atoms with Crippen molar-refractivity contribution in [3.63, 3.8) is 0 Å². The van der Waals surface area contributed by atoms with Gasteiger partial charge in [0.1, 0.15) is 0 Å². The van der Waals surface area contributed by atoms with Crippen molar-refractivity contribution in [1.82, 2.24) is 0 Å². The summed E-state index contributed by atoms with van der Waals surface area (Å²) in [6.07, 6.45) is -4.73. The van der Waals surface area contributed by atoms with Gasteiger partial charge in [-0.05, 0) is 0 Å². The fraction of sp³-hybridized carbons (Fsp3) is 0.250. The first-order chi connectivity index (χ1) is 7.21. The number of halogens is 8. The van der Waals surface area contributed by atoms with Gasteiger partial charge in [0, 0.05) is 5.56 Å². The largest absolute Gasteiger partial charge is 0.419 e. The molecule has 0 unspecified atom stereocenters. The van der Waals surface area contributed by atoms with Crippen LogP contribution in [0.2, 0.25) is 20.1 Å². The quantitative estimate of drug-likeness (QED) is 0.433. The van der Waals surface area contributed by atoms with Gasteiger partial charge in [-0.2, -0.15) is 13.2 Å². The Balaban J connectivity index is 3.67. The summed E-state index contributed by atoms with van der Waals surface area (Å²) in [5.74, 6) is -0.185. The zero-order valence-electron chi connectivity index (χ0n) is 7.23. The summed E-state index contributed by atoms with van der Waals surface area (Å²) in [5, 5.41) is -2.06. The van der Waals surface area contributed by atoms with Crippen LogP contribution in [0.5, 0.6) is 0 Å². The lowest BCUT2D eigenvalue weighted by molar-refractivity contribution is -0.137. The Morgan fingerprint density at radius 3 is 1.44 bits per heavy atom. The zero-order chi connectivity index (χ0) is 12.7. The summed E-state index contributed by atoms with van der Waals surface area (Å²) in [7, 11) is 0. The van der Waals surface area contributed by atoms with Crippen LogP contribution in [-0.4, -0.2) is 0 Å². The van der Waals surface area contributed by atoms with Gasteiger partial charge in [0.25, 0.3) is 0 Å². The third-order valence-electron chi connectivity index (χ3n) is 1.77. The number of alkyl halides is 4. The van der Waals surface area contributed by atoms with Gasteiger partial charge < -0.3 is 0 Å². The normalized spacial score (nSPS) is 12.0. The van der Waals surface area contributed by atoms with Crippen LogP contribution < -0.4 is 0 Å². The SMILES string of the molecule is FC(F)(F)c1c(Cl)c(Cl)c(CCl)c(Cl)c1Cl. The molecule has 16 heavy (non-hydrogen) atoms. The average Bonchev–Trinajstić information content (AvgIpc) is 2.14. The van der Waals surface area contributed by atoms with E-state index in [1.807, 2.05) is 0 Å². The lowest BCUT2D eigenvalue weighted by atomic mass is 10.1. The van der Waals surface area contributed by atoms with Crippen molar-refractivity contribution in [2.45, 2.75) is 12.1 Å². The first kappa shape index (κ1) is 14.5. The highest BCUT2D eigenvalue weighted by Crippen LogP contribution is 2.48. The standard InChI is InChI=1S/C8H2Cl5F3/c9-1-2-4(10)6(12)3(8(14,15)16)7(13)5(2)11/h1H2. The van der Waals surface area contributed by atoms with Gasteiger partial charge in [-0.15, -0.1) is 11.6 Å². The van der Waals surface area contributed by atoms with E-state index in [1.54, 1.807) is 0 Å². The van der Waals surface area contributed by atoms with E-state index in [1.165, 1.54) is 0 Å². The van der Waals surface area contributed by atoms with E-state index in [2.05, 4.69) is 0 Å². The fourth-order valence-electron chi connectivity index (χ4n) is 1.04. The first-order valence-corrected chi connectivity index (χ1v) is 5.74. The molecule has 0 nitrogen and oxygen atoms in total. The molecule has 0 heterocycles. The summed E-state index contributed by atoms with van der Waals surface area (Å²) in [5.41, 5.74) is -1.17. The van der Waals surface area contributed by atoms with Crippen LogP contribution in [0.1, 0.15) is 11.1 Å². The monoisotopic (exact) mass is 330 g/mol. The predicted octanol–water partition coefficient (Wildman–Crippen LogP) is 6.06. The Morgan fingerprint density at radius 1 is 0.812 bits per heavy atom. The molecule has 0 aliphatic rings. The second-order valence-electron chi connectivity index (χ2n) is 2.74. The molecular formula is C8H2Cl5F3. The van der Waals surface area contributed by atoms with Crippen LogP contribution in [0.25, 0.3) is 0 Å². The first-order valence-electron chi connectivity index (χ1n) is 3.69. The molecule has 0 atom stereocenters. The summed E-state index contributed by atoms with van der Waals surface area (Å²) in [6, 6.07) is 0. The van der Waals surface area contributed by atoms with Gasteiger partial charge in [-0.25, -0.2) is 0 Å². The van der Waals surface area contributed by atoms with E-state index in [9.17, 15) is 13.2 Å². The second-order valence-corrected chi connectivity index (χ2v) is 4.52. The Bertz CT molecular complexity index is 398. The Labute approximate surface area is 114 Å². The van der Waals surface area contributed by atoms with Crippen LogP contribution in [-0.2, 0) is 12.1 Å². The molecule has 0 saturated heterocycles. The molecule has 0 saturated carbocycles. The Morgan fingerprint density at radius 2 is 1.19 bits per heavy atom. The summed E-state index contributed by atoms with van der Waals surface area (Å²) >= 11 is 27.7. The molecule has 90 valence electrons.